The number of rotatable bonds is 5. The van der Waals surface area contributed by atoms with Crippen molar-refractivity contribution in [3.8, 4) is 0 Å². The fourth-order valence-corrected chi connectivity index (χ4v) is 3.51. The number of anilines is 2. The number of thiophene rings is 1. The van der Waals surface area contributed by atoms with Crippen molar-refractivity contribution in [2.24, 2.45) is 0 Å². The number of nitrogens with zero attached hydrogens (tertiary/aromatic N) is 3. The Bertz CT molecular complexity index is 678. The molecule has 0 saturated carbocycles. The minimum absolute atomic E-state index is 0.127. The Morgan fingerprint density at radius 2 is 2.08 bits per heavy atom. The number of aromatic nitrogens is 1. The van der Waals surface area contributed by atoms with Crippen molar-refractivity contribution in [2.75, 3.05) is 50.6 Å². The maximum atomic E-state index is 12.4. The number of hydrogen-bond acceptors (Lipinski definition) is 6. The number of hydrogen-bond donors (Lipinski definition) is 1. The quantitative estimate of drug-likeness (QED) is 0.900. The van der Waals surface area contributed by atoms with Crippen LogP contribution >= 0.6 is 11.3 Å². The fourth-order valence-electron chi connectivity index (χ4n) is 2.67. The highest BCUT2D eigenvalue weighted by atomic mass is 32.1. The van der Waals surface area contributed by atoms with Crippen molar-refractivity contribution >= 4 is 28.7 Å². The molecule has 1 fully saturated rings. The number of likely N-dealkylation sites (N-methyl/N-ethyl adjacent to an activating group) is 1. The SMILES string of the molecule is COCc1sccc1C(=O)Nc1ccc(N2CCN(C)CC2)nc1. The molecular formula is C17H22N4O2S. The van der Waals surface area contributed by atoms with Gasteiger partial charge in [0.15, 0.2) is 0 Å². The van der Waals surface area contributed by atoms with Gasteiger partial charge in [0, 0.05) is 38.2 Å². The topological polar surface area (TPSA) is 57.7 Å². The molecule has 6 nitrogen and oxygen atoms in total. The van der Waals surface area contributed by atoms with Gasteiger partial charge in [-0.3, -0.25) is 4.79 Å². The first kappa shape index (κ1) is 16.9. The van der Waals surface area contributed by atoms with Gasteiger partial charge in [0.25, 0.3) is 5.91 Å². The second-order valence-corrected chi connectivity index (χ2v) is 6.84. The first-order valence-corrected chi connectivity index (χ1v) is 8.81. The third-order valence-corrected chi connectivity index (χ3v) is 4.99. The minimum atomic E-state index is -0.127. The summed E-state index contributed by atoms with van der Waals surface area (Å²) >= 11 is 1.52. The van der Waals surface area contributed by atoms with E-state index in [4.69, 9.17) is 4.74 Å². The number of methoxy groups -OCH3 is 1. The number of pyridine rings is 1. The summed E-state index contributed by atoms with van der Waals surface area (Å²) in [6.45, 7) is 4.48. The summed E-state index contributed by atoms with van der Waals surface area (Å²) in [6, 6.07) is 5.69. The molecule has 2 aromatic rings. The number of nitrogens with one attached hydrogen (secondary N) is 1. The Kier molecular flexibility index (Phi) is 5.44. The lowest BCUT2D eigenvalue weighted by molar-refractivity contribution is 0.102. The van der Waals surface area contributed by atoms with E-state index in [1.165, 1.54) is 11.3 Å². The van der Waals surface area contributed by atoms with Crippen molar-refractivity contribution in [2.45, 2.75) is 6.61 Å². The van der Waals surface area contributed by atoms with Crippen LogP contribution in [-0.4, -0.2) is 56.1 Å². The maximum absolute atomic E-state index is 12.4. The Balaban J connectivity index is 1.63. The molecule has 0 unspecified atom stereocenters. The molecule has 2 aromatic heterocycles. The smallest absolute Gasteiger partial charge is 0.256 e. The van der Waals surface area contributed by atoms with Crippen LogP contribution in [0.3, 0.4) is 0 Å². The molecule has 3 rings (SSSR count). The molecule has 0 aromatic carbocycles. The first-order chi connectivity index (χ1) is 11.7. The molecular weight excluding hydrogens is 324 g/mol. The molecule has 1 amide bonds. The van der Waals surface area contributed by atoms with Gasteiger partial charge in [0.1, 0.15) is 5.82 Å². The van der Waals surface area contributed by atoms with Gasteiger partial charge in [0.2, 0.25) is 0 Å². The summed E-state index contributed by atoms with van der Waals surface area (Å²) in [6.07, 6.45) is 1.72. The summed E-state index contributed by atoms with van der Waals surface area (Å²) in [5.41, 5.74) is 1.36. The lowest BCUT2D eigenvalue weighted by Crippen LogP contribution is -2.44. The second kappa shape index (κ2) is 7.74. The average molecular weight is 346 g/mol. The Hall–Kier alpha value is -1.96. The Morgan fingerprint density at radius 3 is 2.75 bits per heavy atom. The van der Waals surface area contributed by atoms with Gasteiger partial charge in [-0.25, -0.2) is 4.98 Å². The molecule has 1 aliphatic heterocycles. The first-order valence-electron chi connectivity index (χ1n) is 7.93. The molecule has 128 valence electrons. The highest BCUT2D eigenvalue weighted by molar-refractivity contribution is 7.10. The summed E-state index contributed by atoms with van der Waals surface area (Å²) < 4.78 is 5.13. The summed E-state index contributed by atoms with van der Waals surface area (Å²) in [7, 11) is 3.76. The van der Waals surface area contributed by atoms with Crippen LogP contribution in [0, 0.1) is 0 Å². The zero-order valence-corrected chi connectivity index (χ0v) is 14.8. The molecule has 24 heavy (non-hydrogen) atoms. The molecule has 1 aliphatic rings. The average Bonchev–Trinajstić information content (AvgIpc) is 3.05. The van der Waals surface area contributed by atoms with Crippen LogP contribution in [0.1, 0.15) is 15.2 Å². The van der Waals surface area contributed by atoms with Crippen LogP contribution in [0.4, 0.5) is 11.5 Å². The normalized spacial score (nSPS) is 15.5. The van der Waals surface area contributed by atoms with E-state index in [1.54, 1.807) is 13.3 Å². The van der Waals surface area contributed by atoms with Crippen LogP contribution in [0.15, 0.2) is 29.8 Å². The van der Waals surface area contributed by atoms with Gasteiger partial charge in [0.05, 0.1) is 24.1 Å². The number of carbonyl (C=O) groups excluding carboxylic acids is 1. The monoisotopic (exact) mass is 346 g/mol. The van der Waals surface area contributed by atoms with E-state index < -0.39 is 0 Å². The van der Waals surface area contributed by atoms with Crippen LogP contribution in [0.25, 0.3) is 0 Å². The van der Waals surface area contributed by atoms with Crippen LogP contribution < -0.4 is 10.2 Å². The zero-order valence-electron chi connectivity index (χ0n) is 14.0. The highest BCUT2D eigenvalue weighted by Crippen LogP contribution is 2.20. The van der Waals surface area contributed by atoms with Gasteiger partial charge in [-0.2, -0.15) is 0 Å². The van der Waals surface area contributed by atoms with E-state index in [-0.39, 0.29) is 5.91 Å². The Morgan fingerprint density at radius 1 is 1.29 bits per heavy atom. The molecule has 0 atom stereocenters. The third kappa shape index (κ3) is 3.92. The minimum Gasteiger partial charge on any atom is -0.379 e. The number of piperazine rings is 1. The molecule has 1 N–H and O–H groups in total. The number of carbonyl (C=O) groups is 1. The molecule has 3 heterocycles. The Labute approximate surface area is 146 Å². The van der Waals surface area contributed by atoms with Crippen LogP contribution in [-0.2, 0) is 11.3 Å². The fraction of sp³-hybridized carbons (Fsp3) is 0.412. The standard InChI is InChI=1S/C17H22N4O2S/c1-20-6-8-21(9-7-20)16-4-3-13(11-18-16)19-17(22)14-5-10-24-15(14)12-23-2/h3-5,10-11H,6-9,12H2,1-2H3,(H,19,22). The number of ether oxygens (including phenoxy) is 1. The second-order valence-electron chi connectivity index (χ2n) is 5.84. The van der Waals surface area contributed by atoms with Gasteiger partial charge in [-0.1, -0.05) is 0 Å². The van der Waals surface area contributed by atoms with E-state index in [1.807, 2.05) is 23.6 Å². The predicted molar refractivity (Wildman–Crippen MR) is 96.9 cm³/mol. The van der Waals surface area contributed by atoms with Crippen molar-refractivity contribution < 1.29 is 9.53 Å². The van der Waals surface area contributed by atoms with E-state index in [0.29, 0.717) is 17.9 Å². The molecule has 1 saturated heterocycles. The van der Waals surface area contributed by atoms with Crippen LogP contribution in [0.5, 0.6) is 0 Å². The summed E-state index contributed by atoms with van der Waals surface area (Å²) in [5, 5.41) is 4.80. The van der Waals surface area contributed by atoms with Crippen molar-refractivity contribution in [1.82, 2.24) is 9.88 Å². The third-order valence-electron chi connectivity index (χ3n) is 4.10. The largest absolute Gasteiger partial charge is 0.379 e. The van der Waals surface area contributed by atoms with Gasteiger partial charge >= 0.3 is 0 Å². The van der Waals surface area contributed by atoms with Crippen LogP contribution in [0.2, 0.25) is 0 Å². The number of amides is 1. The predicted octanol–water partition coefficient (Wildman–Crippen LogP) is 2.29. The van der Waals surface area contributed by atoms with Crippen molar-refractivity contribution in [1.29, 1.82) is 0 Å². The molecule has 0 spiro atoms. The van der Waals surface area contributed by atoms with Gasteiger partial charge in [-0.15, -0.1) is 11.3 Å². The molecule has 0 radical (unpaired) electrons. The van der Waals surface area contributed by atoms with Gasteiger partial charge in [-0.05, 0) is 30.6 Å². The summed E-state index contributed by atoms with van der Waals surface area (Å²) in [5.74, 6) is 0.828. The lowest BCUT2D eigenvalue weighted by atomic mass is 10.2. The van der Waals surface area contributed by atoms with Gasteiger partial charge < -0.3 is 19.9 Å². The van der Waals surface area contributed by atoms with Crippen molar-refractivity contribution in [3.63, 3.8) is 0 Å². The molecule has 0 bridgehead atoms. The van der Waals surface area contributed by atoms with E-state index >= 15 is 0 Å². The van der Waals surface area contributed by atoms with E-state index in [0.717, 1.165) is 36.9 Å². The van der Waals surface area contributed by atoms with E-state index in [9.17, 15) is 4.79 Å². The van der Waals surface area contributed by atoms with E-state index in [2.05, 4.69) is 27.1 Å². The maximum Gasteiger partial charge on any atom is 0.256 e. The lowest BCUT2D eigenvalue weighted by Gasteiger charge is -2.33. The molecule has 7 heteroatoms. The van der Waals surface area contributed by atoms with Crippen molar-refractivity contribution in [3.05, 3.63) is 40.2 Å². The highest BCUT2D eigenvalue weighted by Gasteiger charge is 2.16. The summed E-state index contributed by atoms with van der Waals surface area (Å²) in [4.78, 5) is 22.4. The molecule has 0 aliphatic carbocycles. The zero-order chi connectivity index (χ0) is 16.9.